The number of urea groups is 1. The van der Waals surface area contributed by atoms with E-state index in [0.717, 1.165) is 0 Å². The summed E-state index contributed by atoms with van der Waals surface area (Å²) >= 11 is 0. The average Bonchev–Trinajstić information content (AvgIpc) is 2.08. The number of carbonyl (C=O) groups excluding carboxylic acids is 2. The SMILES string of the molecule is NC(=O)CN=C/C=C/C=N/NC(N)=O. The fraction of sp³-hybridized carbons (Fsp3) is 0.143. The van der Waals surface area contributed by atoms with Crippen LogP contribution >= 0.6 is 0 Å². The summed E-state index contributed by atoms with van der Waals surface area (Å²) in [7, 11) is 0. The molecule has 0 aromatic heterocycles. The first-order valence-electron chi connectivity index (χ1n) is 3.65. The molecule has 76 valence electrons. The highest BCUT2D eigenvalue weighted by molar-refractivity contribution is 5.84. The fourth-order valence-electron chi connectivity index (χ4n) is 0.447. The standard InChI is InChI=1S/C7H11N5O2/c8-6(13)5-10-3-1-2-4-11-12-7(9)14/h1-4H,5H2,(H2,8,13)(H3,9,12,14)/b2-1+,10-3?,11-4+. The summed E-state index contributed by atoms with van der Waals surface area (Å²) < 4.78 is 0. The molecule has 0 atom stereocenters. The predicted molar refractivity (Wildman–Crippen MR) is 52.9 cm³/mol. The lowest BCUT2D eigenvalue weighted by Gasteiger charge is -1.86. The van der Waals surface area contributed by atoms with E-state index >= 15 is 0 Å². The molecule has 0 aromatic rings. The van der Waals surface area contributed by atoms with Gasteiger partial charge in [0.2, 0.25) is 5.91 Å². The van der Waals surface area contributed by atoms with Crippen molar-refractivity contribution in [3.8, 4) is 0 Å². The van der Waals surface area contributed by atoms with Crippen molar-refractivity contribution in [3.05, 3.63) is 12.2 Å². The summed E-state index contributed by atoms with van der Waals surface area (Å²) in [6.45, 7) is -0.0545. The highest BCUT2D eigenvalue weighted by atomic mass is 16.2. The van der Waals surface area contributed by atoms with Gasteiger partial charge in [0.05, 0.1) is 0 Å². The number of primary amides is 2. The minimum absolute atomic E-state index is 0.0545. The molecule has 0 aliphatic carbocycles. The number of allylic oxidation sites excluding steroid dienone is 2. The summed E-state index contributed by atoms with van der Waals surface area (Å²) in [4.78, 5) is 24.0. The lowest BCUT2D eigenvalue weighted by atomic mass is 10.5. The summed E-state index contributed by atoms with van der Waals surface area (Å²) in [5.41, 5.74) is 11.5. The minimum Gasteiger partial charge on any atom is -0.368 e. The van der Waals surface area contributed by atoms with Crippen molar-refractivity contribution in [2.24, 2.45) is 21.6 Å². The monoisotopic (exact) mass is 197 g/mol. The van der Waals surface area contributed by atoms with Gasteiger partial charge in [-0.25, -0.2) is 10.2 Å². The molecule has 0 saturated heterocycles. The van der Waals surface area contributed by atoms with Crippen LogP contribution < -0.4 is 16.9 Å². The van der Waals surface area contributed by atoms with Crippen LogP contribution in [0, 0.1) is 0 Å². The molecule has 0 aliphatic heterocycles. The Labute approximate surface area is 80.6 Å². The zero-order valence-corrected chi connectivity index (χ0v) is 7.38. The van der Waals surface area contributed by atoms with Gasteiger partial charge in [0.25, 0.3) is 0 Å². The number of carbonyl (C=O) groups is 2. The molecule has 0 fully saturated rings. The summed E-state index contributed by atoms with van der Waals surface area (Å²) in [5, 5.41) is 3.41. The van der Waals surface area contributed by atoms with Gasteiger partial charge >= 0.3 is 6.03 Å². The number of nitrogens with two attached hydrogens (primary N) is 2. The fourth-order valence-corrected chi connectivity index (χ4v) is 0.447. The quantitative estimate of drug-likeness (QED) is 0.376. The van der Waals surface area contributed by atoms with Crippen molar-refractivity contribution in [1.29, 1.82) is 0 Å². The molecule has 14 heavy (non-hydrogen) atoms. The Balaban J connectivity index is 3.63. The van der Waals surface area contributed by atoms with E-state index in [1.54, 1.807) is 0 Å². The van der Waals surface area contributed by atoms with Crippen molar-refractivity contribution in [2.45, 2.75) is 0 Å². The van der Waals surface area contributed by atoms with Crippen LogP contribution in [0.1, 0.15) is 0 Å². The molecule has 0 spiro atoms. The first-order valence-corrected chi connectivity index (χ1v) is 3.65. The number of hydrazone groups is 1. The zero-order chi connectivity index (χ0) is 10.8. The molecule has 5 N–H and O–H groups in total. The number of hydrogen-bond donors (Lipinski definition) is 3. The number of nitrogens with zero attached hydrogens (tertiary/aromatic N) is 2. The third kappa shape index (κ3) is 9.82. The normalized spacial score (nSPS) is 11.4. The molecular weight excluding hydrogens is 186 g/mol. The number of rotatable bonds is 5. The zero-order valence-electron chi connectivity index (χ0n) is 7.38. The van der Waals surface area contributed by atoms with E-state index in [1.807, 2.05) is 5.43 Å². The summed E-state index contributed by atoms with van der Waals surface area (Å²) in [6.07, 6.45) is 5.72. The van der Waals surface area contributed by atoms with Crippen LogP contribution in [-0.4, -0.2) is 30.9 Å². The molecule has 0 aromatic carbocycles. The van der Waals surface area contributed by atoms with E-state index in [9.17, 15) is 9.59 Å². The van der Waals surface area contributed by atoms with Gasteiger partial charge in [0.1, 0.15) is 6.54 Å². The molecule has 7 heteroatoms. The molecule has 0 rings (SSSR count). The molecular formula is C7H11N5O2. The van der Waals surface area contributed by atoms with Gasteiger partial charge in [-0.15, -0.1) is 0 Å². The first-order chi connectivity index (χ1) is 6.63. The lowest BCUT2D eigenvalue weighted by molar-refractivity contribution is -0.116. The average molecular weight is 197 g/mol. The maximum Gasteiger partial charge on any atom is 0.332 e. The second-order valence-electron chi connectivity index (χ2n) is 2.10. The Bertz CT molecular complexity index is 254. The van der Waals surface area contributed by atoms with Crippen LogP contribution in [0.15, 0.2) is 22.2 Å². The topological polar surface area (TPSA) is 123 Å². The molecule has 0 radical (unpaired) electrons. The highest BCUT2D eigenvalue weighted by Crippen LogP contribution is 1.69. The lowest BCUT2D eigenvalue weighted by Crippen LogP contribution is -2.24. The van der Waals surface area contributed by atoms with E-state index < -0.39 is 11.9 Å². The van der Waals surface area contributed by atoms with Gasteiger partial charge < -0.3 is 11.5 Å². The van der Waals surface area contributed by atoms with E-state index in [4.69, 9.17) is 11.5 Å². The van der Waals surface area contributed by atoms with Crippen LogP contribution in [0.5, 0.6) is 0 Å². The number of nitrogens with one attached hydrogen (secondary N) is 1. The third-order valence-corrected chi connectivity index (χ3v) is 0.885. The molecule has 0 unspecified atom stereocenters. The summed E-state index contributed by atoms with van der Waals surface area (Å²) in [5.74, 6) is -0.501. The Morgan fingerprint density at radius 1 is 1.21 bits per heavy atom. The van der Waals surface area contributed by atoms with Crippen molar-refractivity contribution in [2.75, 3.05) is 6.54 Å². The minimum atomic E-state index is -0.739. The Morgan fingerprint density at radius 3 is 2.43 bits per heavy atom. The second kappa shape index (κ2) is 7.47. The van der Waals surface area contributed by atoms with Crippen LogP contribution in [-0.2, 0) is 4.79 Å². The van der Waals surface area contributed by atoms with E-state index in [2.05, 4.69) is 10.1 Å². The van der Waals surface area contributed by atoms with Crippen molar-refractivity contribution < 1.29 is 9.59 Å². The largest absolute Gasteiger partial charge is 0.368 e. The smallest absolute Gasteiger partial charge is 0.332 e. The van der Waals surface area contributed by atoms with Crippen molar-refractivity contribution in [1.82, 2.24) is 5.43 Å². The Morgan fingerprint density at radius 2 is 1.86 bits per heavy atom. The van der Waals surface area contributed by atoms with Gasteiger partial charge in [-0.1, -0.05) is 0 Å². The molecule has 0 bridgehead atoms. The molecule has 0 saturated carbocycles. The maximum absolute atomic E-state index is 10.2. The molecule has 0 heterocycles. The van der Waals surface area contributed by atoms with Gasteiger partial charge in [0.15, 0.2) is 0 Å². The Kier molecular flexibility index (Phi) is 6.31. The van der Waals surface area contributed by atoms with Gasteiger partial charge in [-0.3, -0.25) is 9.79 Å². The second-order valence-corrected chi connectivity index (χ2v) is 2.10. The van der Waals surface area contributed by atoms with Gasteiger partial charge in [-0.2, -0.15) is 5.10 Å². The number of hydrogen-bond acceptors (Lipinski definition) is 4. The predicted octanol–water partition coefficient (Wildman–Crippen LogP) is -1.25. The van der Waals surface area contributed by atoms with E-state index in [-0.39, 0.29) is 6.54 Å². The summed E-state index contributed by atoms with van der Waals surface area (Å²) in [6, 6.07) is -0.739. The van der Waals surface area contributed by atoms with E-state index in [0.29, 0.717) is 0 Å². The number of amides is 3. The molecule has 3 amide bonds. The first kappa shape index (κ1) is 11.8. The molecule has 0 aliphatic rings. The Hall–Kier alpha value is -2.18. The van der Waals surface area contributed by atoms with Gasteiger partial charge in [0, 0.05) is 12.4 Å². The molecule has 7 nitrogen and oxygen atoms in total. The maximum atomic E-state index is 10.2. The van der Waals surface area contributed by atoms with Crippen LogP contribution in [0.2, 0.25) is 0 Å². The third-order valence-electron chi connectivity index (χ3n) is 0.885. The van der Waals surface area contributed by atoms with Gasteiger partial charge in [-0.05, 0) is 12.2 Å². The number of aliphatic imine (C=N–C) groups is 1. The highest BCUT2D eigenvalue weighted by Gasteiger charge is 1.84. The van der Waals surface area contributed by atoms with E-state index in [1.165, 1.54) is 24.6 Å². The van der Waals surface area contributed by atoms with Crippen LogP contribution in [0.4, 0.5) is 4.79 Å². The van der Waals surface area contributed by atoms with Crippen molar-refractivity contribution in [3.63, 3.8) is 0 Å². The van der Waals surface area contributed by atoms with Crippen LogP contribution in [0.3, 0.4) is 0 Å². The van der Waals surface area contributed by atoms with Crippen LogP contribution in [0.25, 0.3) is 0 Å². The van der Waals surface area contributed by atoms with Crippen molar-refractivity contribution >= 4 is 24.4 Å².